The van der Waals surface area contributed by atoms with E-state index < -0.39 is 0 Å². The van der Waals surface area contributed by atoms with Crippen LogP contribution in [0.4, 0.5) is 11.4 Å². The Morgan fingerprint density at radius 3 is 2.54 bits per heavy atom. The Hall–Kier alpha value is -3.47. The van der Waals surface area contributed by atoms with E-state index in [1.807, 2.05) is 12.1 Å². The molecule has 0 aliphatic carbocycles. The molecule has 0 atom stereocenters. The summed E-state index contributed by atoms with van der Waals surface area (Å²) in [5.41, 5.74) is 3.42. The van der Waals surface area contributed by atoms with Gasteiger partial charge in [0.25, 0.3) is 5.91 Å². The molecule has 4 rings (SSSR count). The molecular weight excluding hydrogens is 332 g/mol. The van der Waals surface area contributed by atoms with Crippen LogP contribution in [0.2, 0.25) is 0 Å². The van der Waals surface area contributed by atoms with Crippen molar-refractivity contribution in [2.45, 2.75) is 12.8 Å². The Labute approximate surface area is 149 Å². The zero-order valence-electron chi connectivity index (χ0n) is 14.3. The lowest BCUT2D eigenvalue weighted by Crippen LogP contribution is -2.22. The van der Waals surface area contributed by atoms with E-state index in [1.54, 1.807) is 29.9 Å². The summed E-state index contributed by atoms with van der Waals surface area (Å²) in [4.78, 5) is 32.0. The average molecular weight is 350 g/mol. The first-order chi connectivity index (χ1) is 12.5. The maximum Gasteiger partial charge on any atom is 0.323 e. The van der Waals surface area contributed by atoms with Crippen molar-refractivity contribution in [2.24, 2.45) is 7.05 Å². The summed E-state index contributed by atoms with van der Waals surface area (Å²) in [5.74, 6) is -0.299. The van der Waals surface area contributed by atoms with Crippen molar-refractivity contribution in [3.63, 3.8) is 0 Å². The van der Waals surface area contributed by atoms with E-state index in [0.717, 1.165) is 31.6 Å². The normalized spacial score (nSPS) is 13.9. The fourth-order valence-corrected chi connectivity index (χ4v) is 3.43. The monoisotopic (exact) mass is 350 g/mol. The van der Waals surface area contributed by atoms with Gasteiger partial charge in [-0.1, -0.05) is 0 Å². The van der Waals surface area contributed by atoms with E-state index in [2.05, 4.69) is 20.2 Å². The van der Waals surface area contributed by atoms with E-state index in [4.69, 9.17) is 5.26 Å². The molecule has 1 aromatic carbocycles. The standard InChI is InChI=1S/C18H18N6O2/c1-23-10-11(9-19)6-16(23)17(25)20-14-7-12-13(22-18(26)21-12)8-15(14)24-4-2-3-5-24/h6-8,10H,2-5H2,1H3,(H,20,25)(H2,21,22,26). The molecular formula is C18H18N6O2. The summed E-state index contributed by atoms with van der Waals surface area (Å²) in [6.07, 6.45) is 3.81. The molecule has 0 radical (unpaired) electrons. The number of aryl methyl sites for hydroxylation is 1. The smallest absolute Gasteiger partial charge is 0.323 e. The van der Waals surface area contributed by atoms with Gasteiger partial charge in [-0.3, -0.25) is 4.79 Å². The minimum Gasteiger partial charge on any atom is -0.370 e. The number of hydrogen-bond donors (Lipinski definition) is 3. The van der Waals surface area contributed by atoms with Gasteiger partial charge < -0.3 is 24.8 Å². The number of H-pyrrole nitrogens is 2. The highest BCUT2D eigenvalue weighted by Crippen LogP contribution is 2.32. The minimum atomic E-state index is -0.299. The van der Waals surface area contributed by atoms with Crippen molar-refractivity contribution in [1.82, 2.24) is 14.5 Å². The molecule has 0 bridgehead atoms. The summed E-state index contributed by atoms with van der Waals surface area (Å²) < 4.78 is 1.63. The summed E-state index contributed by atoms with van der Waals surface area (Å²) in [5, 5.41) is 12.0. The Morgan fingerprint density at radius 2 is 1.88 bits per heavy atom. The van der Waals surface area contributed by atoms with Gasteiger partial charge >= 0.3 is 5.69 Å². The molecule has 3 aromatic rings. The van der Waals surface area contributed by atoms with E-state index in [-0.39, 0.29) is 11.6 Å². The third-order valence-corrected chi connectivity index (χ3v) is 4.69. The molecule has 1 amide bonds. The molecule has 1 aliphatic rings. The number of benzene rings is 1. The SMILES string of the molecule is Cn1cc(C#N)cc1C(=O)Nc1cc2[nH]c(=O)[nH]c2cc1N1CCCC1. The largest absolute Gasteiger partial charge is 0.370 e. The van der Waals surface area contributed by atoms with Crippen LogP contribution in [0.1, 0.15) is 28.9 Å². The Bertz CT molecular complexity index is 1090. The number of imidazole rings is 1. The van der Waals surface area contributed by atoms with Crippen molar-refractivity contribution < 1.29 is 4.79 Å². The number of fused-ring (bicyclic) bond motifs is 1. The van der Waals surface area contributed by atoms with Crippen LogP contribution in [0.3, 0.4) is 0 Å². The number of carbonyl (C=O) groups excluding carboxylic acids is 1. The molecule has 8 heteroatoms. The first-order valence-electron chi connectivity index (χ1n) is 8.44. The van der Waals surface area contributed by atoms with Crippen LogP contribution in [0.15, 0.2) is 29.2 Å². The molecule has 0 unspecified atom stereocenters. The van der Waals surface area contributed by atoms with E-state index >= 15 is 0 Å². The highest BCUT2D eigenvalue weighted by Gasteiger charge is 2.20. The molecule has 3 heterocycles. The van der Waals surface area contributed by atoms with Gasteiger partial charge in [0.1, 0.15) is 11.8 Å². The average Bonchev–Trinajstić information content (AvgIpc) is 3.32. The van der Waals surface area contributed by atoms with Crippen molar-refractivity contribution in [3.05, 3.63) is 46.1 Å². The van der Waals surface area contributed by atoms with Gasteiger partial charge in [-0.25, -0.2) is 4.79 Å². The van der Waals surface area contributed by atoms with Gasteiger partial charge in [0, 0.05) is 26.3 Å². The second-order valence-corrected chi connectivity index (χ2v) is 6.48. The maximum atomic E-state index is 12.7. The highest BCUT2D eigenvalue weighted by molar-refractivity contribution is 6.06. The Balaban J connectivity index is 1.75. The maximum absolute atomic E-state index is 12.7. The van der Waals surface area contributed by atoms with Crippen LogP contribution in [0.5, 0.6) is 0 Å². The summed E-state index contributed by atoms with van der Waals surface area (Å²) in [6.45, 7) is 1.82. The number of aromatic nitrogens is 3. The molecule has 0 saturated carbocycles. The molecule has 8 nitrogen and oxygen atoms in total. The van der Waals surface area contributed by atoms with E-state index in [0.29, 0.717) is 28.0 Å². The van der Waals surface area contributed by atoms with Gasteiger partial charge in [-0.15, -0.1) is 0 Å². The molecule has 1 aliphatic heterocycles. The molecule has 1 saturated heterocycles. The zero-order chi connectivity index (χ0) is 18.3. The fourth-order valence-electron chi connectivity index (χ4n) is 3.43. The Kier molecular flexibility index (Phi) is 3.77. The number of rotatable bonds is 3. The fraction of sp³-hybridized carbons (Fsp3) is 0.278. The first-order valence-corrected chi connectivity index (χ1v) is 8.44. The van der Waals surface area contributed by atoms with E-state index in [1.165, 1.54) is 0 Å². The van der Waals surface area contributed by atoms with Crippen molar-refractivity contribution in [2.75, 3.05) is 23.3 Å². The van der Waals surface area contributed by atoms with Crippen molar-refractivity contribution >= 4 is 28.3 Å². The number of hydrogen-bond acceptors (Lipinski definition) is 4. The van der Waals surface area contributed by atoms with Crippen LogP contribution in [0.25, 0.3) is 11.0 Å². The third kappa shape index (κ3) is 2.73. The Morgan fingerprint density at radius 1 is 1.19 bits per heavy atom. The van der Waals surface area contributed by atoms with Crippen LogP contribution < -0.4 is 15.9 Å². The third-order valence-electron chi connectivity index (χ3n) is 4.69. The predicted octanol–water partition coefficient (Wildman–Crippen LogP) is 1.92. The predicted molar refractivity (Wildman–Crippen MR) is 98.4 cm³/mol. The van der Waals surface area contributed by atoms with Crippen LogP contribution in [-0.2, 0) is 7.05 Å². The number of nitrogens with one attached hydrogen (secondary N) is 3. The number of anilines is 2. The summed E-state index contributed by atoms with van der Waals surface area (Å²) in [6, 6.07) is 7.25. The summed E-state index contributed by atoms with van der Waals surface area (Å²) >= 11 is 0. The van der Waals surface area contributed by atoms with Crippen LogP contribution in [-0.4, -0.2) is 33.5 Å². The number of amides is 1. The van der Waals surface area contributed by atoms with Gasteiger partial charge in [0.15, 0.2) is 0 Å². The number of nitriles is 1. The minimum absolute atomic E-state index is 0.281. The second kappa shape index (κ2) is 6.11. The number of carbonyl (C=O) groups is 1. The zero-order valence-corrected chi connectivity index (χ0v) is 14.3. The highest BCUT2D eigenvalue weighted by atomic mass is 16.2. The van der Waals surface area contributed by atoms with Crippen LogP contribution >= 0.6 is 0 Å². The lowest BCUT2D eigenvalue weighted by atomic mass is 10.2. The van der Waals surface area contributed by atoms with Crippen molar-refractivity contribution in [1.29, 1.82) is 5.26 Å². The lowest BCUT2D eigenvalue weighted by molar-refractivity contribution is 0.101. The van der Waals surface area contributed by atoms with Crippen molar-refractivity contribution in [3.8, 4) is 6.07 Å². The van der Waals surface area contributed by atoms with Gasteiger partial charge in [0.05, 0.1) is 28.0 Å². The number of nitrogens with zero attached hydrogens (tertiary/aromatic N) is 3. The first kappa shape index (κ1) is 16.0. The molecule has 1 fully saturated rings. The quantitative estimate of drug-likeness (QED) is 0.670. The molecule has 3 N–H and O–H groups in total. The summed E-state index contributed by atoms with van der Waals surface area (Å²) in [7, 11) is 1.73. The number of aromatic amines is 2. The topological polar surface area (TPSA) is 110 Å². The van der Waals surface area contributed by atoms with Gasteiger partial charge in [-0.05, 0) is 31.0 Å². The van der Waals surface area contributed by atoms with Gasteiger partial charge in [0.2, 0.25) is 0 Å². The second-order valence-electron chi connectivity index (χ2n) is 6.48. The lowest BCUT2D eigenvalue weighted by Gasteiger charge is -2.22. The van der Waals surface area contributed by atoms with E-state index in [9.17, 15) is 9.59 Å². The molecule has 0 spiro atoms. The molecule has 132 valence electrons. The molecule has 26 heavy (non-hydrogen) atoms. The molecule has 2 aromatic heterocycles. The van der Waals surface area contributed by atoms with Crippen LogP contribution in [0, 0.1) is 11.3 Å². The van der Waals surface area contributed by atoms with Gasteiger partial charge in [-0.2, -0.15) is 5.26 Å².